The van der Waals surface area contributed by atoms with E-state index in [2.05, 4.69) is 22.4 Å². The summed E-state index contributed by atoms with van der Waals surface area (Å²) in [6.45, 7) is 3.88. The fourth-order valence-corrected chi connectivity index (χ4v) is 2.43. The molecule has 0 fully saturated rings. The average Bonchev–Trinajstić information content (AvgIpc) is 2.90. The molecule has 21 heavy (non-hydrogen) atoms. The van der Waals surface area contributed by atoms with Crippen molar-refractivity contribution in [1.82, 2.24) is 10.2 Å². The molecule has 1 aromatic heterocycles. The van der Waals surface area contributed by atoms with Crippen LogP contribution in [0.15, 0.2) is 24.3 Å². The van der Waals surface area contributed by atoms with Crippen LogP contribution in [-0.4, -0.2) is 21.9 Å². The Morgan fingerprint density at radius 3 is 2.43 bits per heavy atom. The molecule has 0 aliphatic rings. The summed E-state index contributed by atoms with van der Waals surface area (Å²) in [6.07, 6.45) is 1.28. The average molecular weight is 303 g/mol. The van der Waals surface area contributed by atoms with Crippen molar-refractivity contribution in [2.45, 2.75) is 33.1 Å². The molecule has 0 aliphatic carbocycles. The summed E-state index contributed by atoms with van der Waals surface area (Å²) in [5, 5.41) is 11.5. The second-order valence-corrected chi connectivity index (χ2v) is 5.83. The maximum Gasteiger partial charge on any atom is 0.226 e. The largest absolute Gasteiger partial charge is 0.301 e. The number of nitrogens with one attached hydrogen (secondary N) is 1. The zero-order chi connectivity index (χ0) is 15.2. The van der Waals surface area contributed by atoms with Crippen LogP contribution in [0.25, 0.3) is 0 Å². The van der Waals surface area contributed by atoms with Crippen molar-refractivity contribution in [3.8, 4) is 0 Å². The molecular formula is C15H17N3O2S. The lowest BCUT2D eigenvalue weighted by atomic mass is 10.0. The zero-order valence-corrected chi connectivity index (χ0v) is 12.9. The van der Waals surface area contributed by atoms with Gasteiger partial charge in [0.2, 0.25) is 11.0 Å². The van der Waals surface area contributed by atoms with Gasteiger partial charge in [0, 0.05) is 18.4 Å². The number of carbonyl (C=O) groups is 2. The van der Waals surface area contributed by atoms with Gasteiger partial charge in [-0.2, -0.15) is 0 Å². The predicted octanol–water partition coefficient (Wildman–Crippen LogP) is 3.01. The number of nitrogens with zero attached hydrogens (tertiary/aromatic N) is 2. The molecule has 1 aromatic carbocycles. The van der Waals surface area contributed by atoms with Crippen molar-refractivity contribution in [2.75, 3.05) is 5.32 Å². The van der Waals surface area contributed by atoms with E-state index in [0.717, 1.165) is 11.4 Å². The number of amides is 1. The topological polar surface area (TPSA) is 72.0 Å². The van der Waals surface area contributed by atoms with E-state index in [4.69, 9.17) is 0 Å². The molecule has 110 valence electrons. The molecule has 1 N–H and O–H groups in total. The fraction of sp³-hybridized carbons (Fsp3) is 0.333. The second-order valence-electron chi connectivity index (χ2n) is 4.65. The first-order valence-corrected chi connectivity index (χ1v) is 7.62. The highest BCUT2D eigenvalue weighted by atomic mass is 32.1. The summed E-state index contributed by atoms with van der Waals surface area (Å²) in [4.78, 5) is 23.7. The van der Waals surface area contributed by atoms with E-state index < -0.39 is 0 Å². The molecule has 0 unspecified atom stereocenters. The van der Waals surface area contributed by atoms with Crippen LogP contribution in [0.3, 0.4) is 0 Å². The number of ketones is 1. The molecule has 6 heteroatoms. The van der Waals surface area contributed by atoms with Gasteiger partial charge in [-0.25, -0.2) is 0 Å². The Hall–Kier alpha value is -2.08. The lowest BCUT2D eigenvalue weighted by Gasteiger charge is -2.03. The van der Waals surface area contributed by atoms with Gasteiger partial charge in [0.15, 0.2) is 5.78 Å². The van der Waals surface area contributed by atoms with E-state index in [1.54, 1.807) is 0 Å². The van der Waals surface area contributed by atoms with E-state index in [1.165, 1.54) is 16.9 Å². The summed E-state index contributed by atoms with van der Waals surface area (Å²) in [5.74, 6) is -0.245. The van der Waals surface area contributed by atoms with Crippen molar-refractivity contribution in [3.05, 3.63) is 40.4 Å². The molecule has 5 nitrogen and oxygen atoms in total. The normalized spacial score (nSPS) is 10.4. The van der Waals surface area contributed by atoms with Crippen LogP contribution in [0.5, 0.6) is 0 Å². The summed E-state index contributed by atoms with van der Waals surface area (Å²) in [6, 6.07) is 7.51. The van der Waals surface area contributed by atoms with E-state index in [-0.39, 0.29) is 24.5 Å². The minimum Gasteiger partial charge on any atom is -0.301 e. The maximum atomic E-state index is 12.0. The predicted molar refractivity (Wildman–Crippen MR) is 82.7 cm³/mol. The number of Topliss-reactive ketones (excluding diaryl/α,β-unsaturated/α-hetero) is 1. The standard InChI is InChI=1S/C15H17N3O2S/c1-3-11-4-6-12(7-5-11)13(19)8-9-14(20)16-15-18-17-10(2)21-15/h4-7H,3,8-9H2,1-2H3,(H,16,18,20). The quantitative estimate of drug-likeness (QED) is 0.833. The smallest absolute Gasteiger partial charge is 0.226 e. The Kier molecular flexibility index (Phi) is 5.16. The zero-order valence-electron chi connectivity index (χ0n) is 12.0. The van der Waals surface area contributed by atoms with Gasteiger partial charge in [-0.05, 0) is 18.9 Å². The minimum absolute atomic E-state index is 0.0266. The molecule has 2 aromatic rings. The highest BCUT2D eigenvalue weighted by Gasteiger charge is 2.11. The van der Waals surface area contributed by atoms with E-state index in [0.29, 0.717) is 10.7 Å². The van der Waals surface area contributed by atoms with Crippen molar-refractivity contribution < 1.29 is 9.59 Å². The van der Waals surface area contributed by atoms with Crippen LogP contribution >= 0.6 is 11.3 Å². The third-order valence-electron chi connectivity index (χ3n) is 3.04. The molecule has 1 amide bonds. The van der Waals surface area contributed by atoms with Crippen molar-refractivity contribution >= 4 is 28.2 Å². The Morgan fingerprint density at radius 2 is 1.86 bits per heavy atom. The molecule has 0 radical (unpaired) electrons. The van der Waals surface area contributed by atoms with E-state index >= 15 is 0 Å². The molecule has 2 rings (SSSR count). The first-order valence-electron chi connectivity index (χ1n) is 6.80. The molecule has 0 aliphatic heterocycles. The van der Waals surface area contributed by atoms with Crippen LogP contribution < -0.4 is 5.32 Å². The van der Waals surface area contributed by atoms with Crippen molar-refractivity contribution in [1.29, 1.82) is 0 Å². The number of benzene rings is 1. The Labute approximate surface area is 127 Å². The Morgan fingerprint density at radius 1 is 1.14 bits per heavy atom. The number of hydrogen-bond acceptors (Lipinski definition) is 5. The number of aromatic nitrogens is 2. The summed E-state index contributed by atoms with van der Waals surface area (Å²) >= 11 is 1.31. The van der Waals surface area contributed by atoms with Crippen LogP contribution in [0, 0.1) is 6.92 Å². The second kappa shape index (κ2) is 7.08. The third kappa shape index (κ3) is 4.46. The lowest BCUT2D eigenvalue weighted by Crippen LogP contribution is -2.13. The summed E-state index contributed by atoms with van der Waals surface area (Å²) < 4.78 is 0. The first kappa shape index (κ1) is 15.3. The third-order valence-corrected chi connectivity index (χ3v) is 3.79. The van der Waals surface area contributed by atoms with Gasteiger partial charge >= 0.3 is 0 Å². The maximum absolute atomic E-state index is 12.0. The molecule has 0 saturated heterocycles. The molecule has 0 atom stereocenters. The van der Waals surface area contributed by atoms with Gasteiger partial charge in [0.25, 0.3) is 0 Å². The first-order chi connectivity index (χ1) is 10.1. The van der Waals surface area contributed by atoms with Gasteiger partial charge in [-0.15, -0.1) is 10.2 Å². The molecule has 0 bridgehead atoms. The van der Waals surface area contributed by atoms with Crippen LogP contribution in [-0.2, 0) is 11.2 Å². The number of rotatable bonds is 6. The van der Waals surface area contributed by atoms with Crippen molar-refractivity contribution in [3.63, 3.8) is 0 Å². The Balaban J connectivity index is 1.83. The highest BCUT2D eigenvalue weighted by Crippen LogP contribution is 2.14. The SMILES string of the molecule is CCc1ccc(C(=O)CCC(=O)Nc2nnc(C)s2)cc1. The molecule has 0 spiro atoms. The van der Waals surface area contributed by atoms with Gasteiger partial charge in [-0.3, -0.25) is 9.59 Å². The van der Waals surface area contributed by atoms with Gasteiger partial charge < -0.3 is 5.32 Å². The van der Waals surface area contributed by atoms with Crippen molar-refractivity contribution in [2.24, 2.45) is 0 Å². The molecule has 1 heterocycles. The fourth-order valence-electron chi connectivity index (χ4n) is 1.83. The highest BCUT2D eigenvalue weighted by molar-refractivity contribution is 7.15. The van der Waals surface area contributed by atoms with Gasteiger partial charge in [0.1, 0.15) is 5.01 Å². The monoisotopic (exact) mass is 303 g/mol. The summed E-state index contributed by atoms with van der Waals surface area (Å²) in [5.41, 5.74) is 1.84. The van der Waals surface area contributed by atoms with Crippen LogP contribution in [0.4, 0.5) is 5.13 Å². The number of hydrogen-bond donors (Lipinski definition) is 1. The minimum atomic E-state index is -0.218. The number of anilines is 1. The van der Waals surface area contributed by atoms with E-state index in [9.17, 15) is 9.59 Å². The lowest BCUT2D eigenvalue weighted by molar-refractivity contribution is -0.116. The molecular weight excluding hydrogens is 286 g/mol. The van der Waals surface area contributed by atoms with E-state index in [1.807, 2.05) is 31.2 Å². The van der Waals surface area contributed by atoms with Gasteiger partial charge in [0.05, 0.1) is 0 Å². The number of carbonyl (C=O) groups excluding carboxylic acids is 2. The number of aryl methyl sites for hydroxylation is 2. The van der Waals surface area contributed by atoms with Crippen LogP contribution in [0.2, 0.25) is 0 Å². The van der Waals surface area contributed by atoms with Crippen LogP contribution in [0.1, 0.15) is 40.7 Å². The molecule has 0 saturated carbocycles. The summed E-state index contributed by atoms with van der Waals surface area (Å²) in [7, 11) is 0. The Bertz CT molecular complexity index is 635. The van der Waals surface area contributed by atoms with Gasteiger partial charge in [-0.1, -0.05) is 42.5 Å².